The van der Waals surface area contributed by atoms with Gasteiger partial charge in [0, 0.05) is 25.5 Å². The highest BCUT2D eigenvalue weighted by atomic mass is 16.5. The fourth-order valence-electron chi connectivity index (χ4n) is 2.73. The Morgan fingerprint density at radius 1 is 1.38 bits per heavy atom. The summed E-state index contributed by atoms with van der Waals surface area (Å²) in [4.78, 5) is 41.0. The number of hydrogen-bond acceptors (Lipinski definition) is 5. The number of esters is 1. The predicted molar refractivity (Wildman–Crippen MR) is 87.1 cm³/mol. The van der Waals surface area contributed by atoms with E-state index in [4.69, 9.17) is 4.74 Å². The van der Waals surface area contributed by atoms with Crippen LogP contribution in [-0.4, -0.2) is 36.2 Å². The molecule has 0 saturated heterocycles. The van der Waals surface area contributed by atoms with Crippen LogP contribution in [0.3, 0.4) is 0 Å². The molecule has 0 amide bonds. The van der Waals surface area contributed by atoms with E-state index in [1.165, 1.54) is 17.8 Å². The van der Waals surface area contributed by atoms with Crippen molar-refractivity contribution in [2.45, 2.75) is 20.0 Å². The SMILES string of the molecule is C=CCn1c(=O)c2c(nc3n(CC(=O)OC)c(C)cn23)n(C)c1=O. The summed E-state index contributed by atoms with van der Waals surface area (Å²) >= 11 is 0. The minimum Gasteiger partial charge on any atom is -0.468 e. The third-order valence-corrected chi connectivity index (χ3v) is 3.97. The van der Waals surface area contributed by atoms with Crippen LogP contribution in [-0.2, 0) is 29.7 Å². The van der Waals surface area contributed by atoms with Crippen molar-refractivity contribution in [3.63, 3.8) is 0 Å². The number of imidazole rings is 2. The Balaban J connectivity index is 2.42. The van der Waals surface area contributed by atoms with Gasteiger partial charge in [-0.15, -0.1) is 6.58 Å². The second-order valence-corrected chi connectivity index (χ2v) is 5.43. The second kappa shape index (κ2) is 5.52. The molecule has 3 rings (SSSR count). The summed E-state index contributed by atoms with van der Waals surface area (Å²) in [7, 11) is 2.85. The topological polar surface area (TPSA) is 92.5 Å². The minimum absolute atomic E-state index is 0.0308. The standard InChI is InChI=1S/C15H17N5O4/c1-5-6-18-13(22)11-12(17(3)15(18)23)16-14-19(8-10(21)24-4)9(2)7-20(11)14/h5,7H,1,6,8H2,2-4H3. The molecule has 0 aliphatic rings. The highest BCUT2D eigenvalue weighted by Gasteiger charge is 2.20. The van der Waals surface area contributed by atoms with Crippen LogP contribution in [0.25, 0.3) is 16.9 Å². The molecule has 0 spiro atoms. The van der Waals surface area contributed by atoms with Gasteiger partial charge in [-0.3, -0.25) is 23.1 Å². The number of fused-ring (bicyclic) bond motifs is 3. The number of aromatic nitrogens is 5. The zero-order valence-electron chi connectivity index (χ0n) is 13.6. The van der Waals surface area contributed by atoms with Crippen LogP contribution in [0.4, 0.5) is 0 Å². The molecule has 9 heteroatoms. The molecular weight excluding hydrogens is 314 g/mol. The number of rotatable bonds is 4. The highest BCUT2D eigenvalue weighted by molar-refractivity contribution is 5.77. The van der Waals surface area contributed by atoms with Gasteiger partial charge in [0.2, 0.25) is 5.78 Å². The van der Waals surface area contributed by atoms with Crippen molar-refractivity contribution >= 4 is 22.9 Å². The first kappa shape index (κ1) is 15.8. The number of ether oxygens (including phenoxy) is 1. The molecule has 0 bridgehead atoms. The van der Waals surface area contributed by atoms with Gasteiger partial charge in [-0.05, 0) is 6.92 Å². The number of carbonyl (C=O) groups is 1. The summed E-state index contributed by atoms with van der Waals surface area (Å²) in [5, 5.41) is 0. The summed E-state index contributed by atoms with van der Waals surface area (Å²) in [6.07, 6.45) is 3.19. The first-order valence-electron chi connectivity index (χ1n) is 7.26. The average molecular weight is 331 g/mol. The summed E-state index contributed by atoms with van der Waals surface area (Å²) < 4.78 is 10.3. The number of aryl methyl sites for hydroxylation is 2. The molecule has 3 aromatic heterocycles. The summed E-state index contributed by atoms with van der Waals surface area (Å²) in [5.74, 6) is -0.0300. The lowest BCUT2D eigenvalue weighted by Crippen LogP contribution is -2.39. The van der Waals surface area contributed by atoms with Gasteiger partial charge < -0.3 is 9.30 Å². The quantitative estimate of drug-likeness (QED) is 0.488. The molecule has 0 N–H and O–H groups in total. The molecule has 0 fully saturated rings. The van der Waals surface area contributed by atoms with E-state index in [0.29, 0.717) is 5.78 Å². The van der Waals surface area contributed by atoms with Gasteiger partial charge in [0.05, 0.1) is 7.11 Å². The van der Waals surface area contributed by atoms with Crippen LogP contribution in [0.1, 0.15) is 5.69 Å². The van der Waals surface area contributed by atoms with E-state index in [-0.39, 0.29) is 24.3 Å². The largest absolute Gasteiger partial charge is 0.468 e. The lowest BCUT2D eigenvalue weighted by molar-refractivity contribution is -0.141. The van der Waals surface area contributed by atoms with Crippen molar-refractivity contribution in [1.29, 1.82) is 0 Å². The summed E-state index contributed by atoms with van der Waals surface area (Å²) in [6.45, 7) is 5.45. The van der Waals surface area contributed by atoms with Gasteiger partial charge in [0.15, 0.2) is 11.2 Å². The van der Waals surface area contributed by atoms with Crippen molar-refractivity contribution < 1.29 is 9.53 Å². The maximum absolute atomic E-state index is 12.7. The first-order valence-corrected chi connectivity index (χ1v) is 7.26. The van der Waals surface area contributed by atoms with E-state index in [0.717, 1.165) is 10.3 Å². The number of methoxy groups -OCH3 is 1. The number of hydrogen-bond donors (Lipinski definition) is 0. The normalized spacial score (nSPS) is 11.3. The van der Waals surface area contributed by atoms with Crippen LogP contribution in [0.2, 0.25) is 0 Å². The van der Waals surface area contributed by atoms with Crippen molar-refractivity contribution in [2.24, 2.45) is 7.05 Å². The Kier molecular flexibility index (Phi) is 3.63. The van der Waals surface area contributed by atoms with E-state index < -0.39 is 17.2 Å². The van der Waals surface area contributed by atoms with Gasteiger partial charge in [-0.2, -0.15) is 4.98 Å². The molecule has 0 radical (unpaired) electrons. The van der Waals surface area contributed by atoms with Gasteiger partial charge >= 0.3 is 11.7 Å². The number of allylic oxidation sites excluding steroid dienone is 1. The molecule has 0 aromatic carbocycles. The van der Waals surface area contributed by atoms with E-state index in [1.54, 1.807) is 29.1 Å². The fourth-order valence-corrected chi connectivity index (χ4v) is 2.73. The Bertz CT molecular complexity index is 1100. The van der Waals surface area contributed by atoms with Crippen molar-refractivity contribution in [2.75, 3.05) is 7.11 Å². The van der Waals surface area contributed by atoms with Crippen molar-refractivity contribution in [3.05, 3.63) is 45.4 Å². The second-order valence-electron chi connectivity index (χ2n) is 5.43. The van der Waals surface area contributed by atoms with E-state index >= 15 is 0 Å². The van der Waals surface area contributed by atoms with E-state index in [2.05, 4.69) is 11.6 Å². The summed E-state index contributed by atoms with van der Waals surface area (Å²) in [6, 6.07) is 0. The fraction of sp³-hybridized carbons (Fsp3) is 0.333. The molecule has 24 heavy (non-hydrogen) atoms. The smallest absolute Gasteiger partial charge is 0.332 e. The van der Waals surface area contributed by atoms with Gasteiger partial charge in [0.1, 0.15) is 6.54 Å². The molecule has 9 nitrogen and oxygen atoms in total. The zero-order chi connectivity index (χ0) is 17.6. The predicted octanol–water partition coefficient (Wildman–Crippen LogP) is -0.183. The van der Waals surface area contributed by atoms with Crippen LogP contribution in [0.15, 0.2) is 28.4 Å². The van der Waals surface area contributed by atoms with Gasteiger partial charge in [-0.25, -0.2) is 4.79 Å². The van der Waals surface area contributed by atoms with Crippen LogP contribution in [0.5, 0.6) is 0 Å². The Morgan fingerprint density at radius 2 is 2.08 bits per heavy atom. The molecule has 3 heterocycles. The molecule has 0 atom stereocenters. The minimum atomic E-state index is -0.468. The van der Waals surface area contributed by atoms with Crippen molar-refractivity contribution in [3.8, 4) is 0 Å². The number of nitrogens with zero attached hydrogens (tertiary/aromatic N) is 5. The lowest BCUT2D eigenvalue weighted by Gasteiger charge is -2.05. The monoisotopic (exact) mass is 331 g/mol. The van der Waals surface area contributed by atoms with Crippen LogP contribution < -0.4 is 11.2 Å². The molecule has 126 valence electrons. The number of carbonyl (C=O) groups excluding carboxylic acids is 1. The molecule has 0 aliphatic carbocycles. The Labute approximate surface area is 136 Å². The zero-order valence-corrected chi connectivity index (χ0v) is 13.6. The maximum atomic E-state index is 12.7. The van der Waals surface area contributed by atoms with Crippen molar-refractivity contribution in [1.82, 2.24) is 23.1 Å². The molecule has 0 aliphatic heterocycles. The molecule has 0 unspecified atom stereocenters. The third-order valence-electron chi connectivity index (χ3n) is 3.97. The summed E-state index contributed by atoms with van der Waals surface area (Å²) in [5.41, 5.74) is 0.369. The first-order chi connectivity index (χ1) is 11.4. The van der Waals surface area contributed by atoms with Gasteiger partial charge in [0.25, 0.3) is 5.56 Å². The van der Waals surface area contributed by atoms with Gasteiger partial charge in [-0.1, -0.05) is 6.08 Å². The Morgan fingerprint density at radius 3 is 2.71 bits per heavy atom. The average Bonchev–Trinajstić information content (AvgIpc) is 3.06. The maximum Gasteiger partial charge on any atom is 0.332 e. The highest BCUT2D eigenvalue weighted by Crippen LogP contribution is 2.16. The van der Waals surface area contributed by atoms with Crippen LogP contribution in [0, 0.1) is 6.92 Å². The van der Waals surface area contributed by atoms with E-state index in [1.807, 2.05) is 0 Å². The molecule has 0 saturated carbocycles. The molecule has 3 aromatic rings. The van der Waals surface area contributed by atoms with E-state index in [9.17, 15) is 14.4 Å². The van der Waals surface area contributed by atoms with Crippen LogP contribution >= 0.6 is 0 Å². The third kappa shape index (κ3) is 2.08. The molecular formula is C15H17N5O4. The Hall–Kier alpha value is -3.10. The lowest BCUT2D eigenvalue weighted by atomic mass is 10.4.